The van der Waals surface area contributed by atoms with Crippen LogP contribution in [0.2, 0.25) is 0 Å². The van der Waals surface area contributed by atoms with Crippen molar-refractivity contribution in [1.82, 2.24) is 14.7 Å². The fraction of sp³-hybridized carbons (Fsp3) is 0.941. The van der Waals surface area contributed by atoms with E-state index in [1.54, 1.807) is 0 Å². The van der Waals surface area contributed by atoms with Crippen molar-refractivity contribution in [3.63, 3.8) is 0 Å². The van der Waals surface area contributed by atoms with E-state index in [4.69, 9.17) is 0 Å². The Labute approximate surface area is 135 Å². The molecule has 1 unspecified atom stereocenters. The Hall–Kier alpha value is -0.650. The maximum absolute atomic E-state index is 12.7. The number of nitrogens with zero attached hydrogens (tertiary/aromatic N) is 3. The Morgan fingerprint density at radius 2 is 1.73 bits per heavy atom. The lowest BCUT2D eigenvalue weighted by Crippen LogP contribution is -2.53. The van der Waals surface area contributed by atoms with Gasteiger partial charge in [0, 0.05) is 32.2 Å². The quantitative estimate of drug-likeness (QED) is 0.828. The summed E-state index contributed by atoms with van der Waals surface area (Å²) in [6, 6.07) is 0.632. The summed E-state index contributed by atoms with van der Waals surface area (Å²) in [4.78, 5) is 19.4. The van der Waals surface area contributed by atoms with Crippen molar-refractivity contribution in [3.05, 3.63) is 0 Å². The van der Waals surface area contributed by atoms with Gasteiger partial charge in [0.05, 0.1) is 12.1 Å². The fourth-order valence-corrected chi connectivity index (χ4v) is 3.81. The van der Waals surface area contributed by atoms with Gasteiger partial charge in [-0.2, -0.15) is 0 Å². The normalized spacial score (nSPS) is 24.0. The number of likely N-dealkylation sites (tertiary alicyclic amines) is 2. The minimum Gasteiger partial charge on any atom is -0.393 e. The van der Waals surface area contributed by atoms with Gasteiger partial charge in [0.2, 0.25) is 5.91 Å². The molecule has 1 atom stereocenters. The van der Waals surface area contributed by atoms with Crippen molar-refractivity contribution in [2.75, 3.05) is 39.8 Å². The van der Waals surface area contributed by atoms with Crippen LogP contribution in [0.15, 0.2) is 0 Å². The molecule has 128 valence electrons. The predicted octanol–water partition coefficient (Wildman–Crippen LogP) is 1.16. The SMILES string of the molecule is CCC(C(=O)N1CCC(N2CCC(O)CC2)CC1)N(C)CC. The number of carbonyl (C=O) groups excluding carboxylic acids is 1. The monoisotopic (exact) mass is 311 g/mol. The van der Waals surface area contributed by atoms with E-state index < -0.39 is 0 Å². The molecule has 0 aromatic rings. The fourth-order valence-electron chi connectivity index (χ4n) is 3.81. The van der Waals surface area contributed by atoms with E-state index in [2.05, 4.69) is 28.5 Å². The van der Waals surface area contributed by atoms with Crippen LogP contribution in [0.4, 0.5) is 0 Å². The van der Waals surface area contributed by atoms with Crippen molar-refractivity contribution in [2.24, 2.45) is 0 Å². The van der Waals surface area contributed by atoms with E-state index in [-0.39, 0.29) is 12.1 Å². The number of amides is 1. The highest BCUT2D eigenvalue weighted by molar-refractivity contribution is 5.81. The molecule has 5 heteroatoms. The summed E-state index contributed by atoms with van der Waals surface area (Å²) in [5.41, 5.74) is 0. The third-order valence-corrected chi connectivity index (χ3v) is 5.49. The molecule has 2 rings (SSSR count). The largest absolute Gasteiger partial charge is 0.393 e. The molecule has 5 nitrogen and oxygen atoms in total. The van der Waals surface area contributed by atoms with Crippen LogP contribution in [0.3, 0.4) is 0 Å². The zero-order valence-electron chi connectivity index (χ0n) is 14.5. The van der Waals surface area contributed by atoms with Crippen LogP contribution in [0.1, 0.15) is 46.0 Å². The maximum Gasteiger partial charge on any atom is 0.239 e. The van der Waals surface area contributed by atoms with Gasteiger partial charge < -0.3 is 14.9 Å². The van der Waals surface area contributed by atoms with Crippen LogP contribution < -0.4 is 0 Å². The molecule has 0 radical (unpaired) electrons. The zero-order valence-corrected chi connectivity index (χ0v) is 14.5. The number of hydrogen-bond acceptors (Lipinski definition) is 4. The number of aliphatic hydroxyl groups excluding tert-OH is 1. The van der Waals surface area contributed by atoms with Gasteiger partial charge in [-0.3, -0.25) is 9.69 Å². The van der Waals surface area contributed by atoms with Crippen molar-refractivity contribution in [1.29, 1.82) is 0 Å². The minimum absolute atomic E-state index is 0.0340. The molecule has 2 heterocycles. The van der Waals surface area contributed by atoms with Gasteiger partial charge in [0.25, 0.3) is 0 Å². The van der Waals surface area contributed by atoms with Crippen LogP contribution in [0, 0.1) is 0 Å². The number of aliphatic hydroxyl groups is 1. The molecule has 1 N–H and O–H groups in total. The molecule has 0 saturated carbocycles. The first kappa shape index (κ1) is 17.7. The summed E-state index contributed by atoms with van der Waals surface area (Å²) in [7, 11) is 2.04. The van der Waals surface area contributed by atoms with Crippen molar-refractivity contribution >= 4 is 5.91 Å². The number of hydrogen-bond donors (Lipinski definition) is 1. The first-order chi connectivity index (χ1) is 10.6. The Morgan fingerprint density at radius 1 is 1.14 bits per heavy atom. The van der Waals surface area contributed by atoms with Gasteiger partial charge in [-0.1, -0.05) is 13.8 Å². The Kier molecular flexibility index (Phi) is 6.66. The van der Waals surface area contributed by atoms with Crippen molar-refractivity contribution < 1.29 is 9.90 Å². The van der Waals surface area contributed by atoms with E-state index in [9.17, 15) is 9.90 Å². The summed E-state index contributed by atoms with van der Waals surface area (Å²) in [6.45, 7) is 8.91. The summed E-state index contributed by atoms with van der Waals surface area (Å²) in [5, 5.41) is 9.62. The number of piperidine rings is 2. The second kappa shape index (κ2) is 8.27. The average molecular weight is 311 g/mol. The molecular weight excluding hydrogens is 278 g/mol. The van der Waals surface area contributed by atoms with Crippen LogP contribution >= 0.6 is 0 Å². The first-order valence-electron chi connectivity index (χ1n) is 8.97. The predicted molar refractivity (Wildman–Crippen MR) is 88.8 cm³/mol. The lowest BCUT2D eigenvalue weighted by Gasteiger charge is -2.42. The molecule has 0 aromatic heterocycles. The molecule has 2 saturated heterocycles. The highest BCUT2D eigenvalue weighted by Crippen LogP contribution is 2.22. The summed E-state index contributed by atoms with van der Waals surface area (Å²) >= 11 is 0. The number of rotatable bonds is 5. The molecule has 2 aliphatic rings. The highest BCUT2D eigenvalue weighted by Gasteiger charge is 2.32. The number of carbonyl (C=O) groups is 1. The van der Waals surface area contributed by atoms with E-state index in [1.165, 1.54) is 0 Å². The lowest BCUT2D eigenvalue weighted by molar-refractivity contribution is -0.138. The molecule has 0 aromatic carbocycles. The van der Waals surface area contributed by atoms with Crippen LogP contribution in [0.5, 0.6) is 0 Å². The lowest BCUT2D eigenvalue weighted by atomic mass is 9.98. The van der Waals surface area contributed by atoms with E-state index in [0.717, 1.165) is 64.8 Å². The molecule has 22 heavy (non-hydrogen) atoms. The maximum atomic E-state index is 12.7. The summed E-state index contributed by atoms with van der Waals surface area (Å²) < 4.78 is 0. The van der Waals surface area contributed by atoms with E-state index in [1.807, 2.05) is 7.05 Å². The van der Waals surface area contributed by atoms with E-state index >= 15 is 0 Å². The Balaban J connectivity index is 1.82. The smallest absolute Gasteiger partial charge is 0.239 e. The molecule has 2 aliphatic heterocycles. The second-order valence-corrected chi connectivity index (χ2v) is 6.82. The van der Waals surface area contributed by atoms with Gasteiger partial charge in [-0.05, 0) is 45.7 Å². The van der Waals surface area contributed by atoms with Crippen LogP contribution in [0.25, 0.3) is 0 Å². The molecule has 1 amide bonds. The molecule has 2 fully saturated rings. The van der Waals surface area contributed by atoms with Gasteiger partial charge in [-0.15, -0.1) is 0 Å². The number of likely N-dealkylation sites (N-methyl/N-ethyl adjacent to an activating group) is 1. The third-order valence-electron chi connectivity index (χ3n) is 5.49. The topological polar surface area (TPSA) is 47.0 Å². The van der Waals surface area contributed by atoms with E-state index in [0.29, 0.717) is 11.9 Å². The van der Waals surface area contributed by atoms with Crippen molar-refractivity contribution in [3.8, 4) is 0 Å². The van der Waals surface area contributed by atoms with Crippen molar-refractivity contribution in [2.45, 2.75) is 64.1 Å². The summed E-state index contributed by atoms with van der Waals surface area (Å²) in [6.07, 6.45) is 4.74. The van der Waals surface area contributed by atoms with Gasteiger partial charge in [0.15, 0.2) is 0 Å². The third kappa shape index (κ3) is 4.21. The van der Waals surface area contributed by atoms with Gasteiger partial charge in [0.1, 0.15) is 0 Å². The van der Waals surface area contributed by atoms with Crippen LogP contribution in [-0.4, -0.2) is 83.7 Å². The zero-order chi connectivity index (χ0) is 16.1. The van der Waals surface area contributed by atoms with Gasteiger partial charge in [-0.25, -0.2) is 0 Å². The highest BCUT2D eigenvalue weighted by atomic mass is 16.3. The standard InChI is InChI=1S/C17H33N3O2/c1-4-16(18(3)5-2)17(22)20-10-6-14(7-11-20)19-12-8-15(21)9-13-19/h14-16,21H,4-13H2,1-3H3. The average Bonchev–Trinajstić information content (AvgIpc) is 2.56. The molecular formula is C17H33N3O2. The Bertz CT molecular complexity index is 348. The second-order valence-electron chi connectivity index (χ2n) is 6.82. The minimum atomic E-state index is -0.104. The Morgan fingerprint density at radius 3 is 2.23 bits per heavy atom. The van der Waals surface area contributed by atoms with Gasteiger partial charge >= 0.3 is 0 Å². The van der Waals surface area contributed by atoms with Crippen LogP contribution in [-0.2, 0) is 4.79 Å². The summed E-state index contributed by atoms with van der Waals surface area (Å²) in [5.74, 6) is 0.305. The molecule has 0 aliphatic carbocycles. The molecule has 0 bridgehead atoms. The molecule has 0 spiro atoms. The first-order valence-corrected chi connectivity index (χ1v) is 8.97.